The summed E-state index contributed by atoms with van der Waals surface area (Å²) in [5.74, 6) is 0.455. The number of aryl methyl sites for hydroxylation is 1. The Hall–Kier alpha value is -1.03. The minimum atomic E-state index is 0.362. The summed E-state index contributed by atoms with van der Waals surface area (Å²) in [5, 5.41) is 8.14. The third-order valence-corrected chi connectivity index (χ3v) is 3.25. The highest BCUT2D eigenvalue weighted by Gasteiger charge is 2.21. The molecule has 1 saturated heterocycles. The lowest BCUT2D eigenvalue weighted by Crippen LogP contribution is -2.32. The molecule has 0 spiro atoms. The van der Waals surface area contributed by atoms with Crippen LogP contribution in [0.5, 0.6) is 0 Å². The summed E-state index contributed by atoms with van der Waals surface area (Å²) in [5.41, 5.74) is 2.34. The van der Waals surface area contributed by atoms with Gasteiger partial charge in [0.1, 0.15) is 0 Å². The SMILES string of the molecule is CC1CC(Nc2cn(C)nc2C(C)C)CCO1. The van der Waals surface area contributed by atoms with Crippen molar-refractivity contribution in [1.82, 2.24) is 9.78 Å². The summed E-state index contributed by atoms with van der Waals surface area (Å²) in [6.07, 6.45) is 4.60. The van der Waals surface area contributed by atoms with Gasteiger partial charge < -0.3 is 10.1 Å². The van der Waals surface area contributed by atoms with Crippen LogP contribution in [0.25, 0.3) is 0 Å². The van der Waals surface area contributed by atoms with Crippen LogP contribution in [0.15, 0.2) is 6.20 Å². The molecule has 0 amide bonds. The third kappa shape index (κ3) is 3.00. The van der Waals surface area contributed by atoms with Gasteiger partial charge in [0.05, 0.1) is 17.5 Å². The Kier molecular flexibility index (Phi) is 3.72. The molecule has 1 aromatic heterocycles. The van der Waals surface area contributed by atoms with Gasteiger partial charge in [-0.3, -0.25) is 4.68 Å². The highest BCUT2D eigenvalue weighted by Crippen LogP contribution is 2.25. The van der Waals surface area contributed by atoms with Crippen LogP contribution < -0.4 is 5.32 Å². The van der Waals surface area contributed by atoms with Crippen LogP contribution in [0.1, 0.15) is 45.2 Å². The van der Waals surface area contributed by atoms with Gasteiger partial charge in [0.25, 0.3) is 0 Å². The first-order chi connectivity index (χ1) is 8.06. The number of nitrogens with zero attached hydrogens (tertiary/aromatic N) is 2. The predicted molar refractivity (Wildman–Crippen MR) is 69.4 cm³/mol. The summed E-state index contributed by atoms with van der Waals surface area (Å²) < 4.78 is 7.46. The number of hydrogen-bond acceptors (Lipinski definition) is 3. The molecular weight excluding hydrogens is 214 g/mol. The van der Waals surface area contributed by atoms with Gasteiger partial charge in [-0.15, -0.1) is 0 Å². The highest BCUT2D eigenvalue weighted by molar-refractivity contribution is 5.48. The number of rotatable bonds is 3. The van der Waals surface area contributed by atoms with Crippen molar-refractivity contribution in [2.45, 2.75) is 51.7 Å². The van der Waals surface area contributed by atoms with Crippen LogP contribution in [0.3, 0.4) is 0 Å². The molecule has 1 aromatic rings. The third-order valence-electron chi connectivity index (χ3n) is 3.25. The number of anilines is 1. The van der Waals surface area contributed by atoms with Gasteiger partial charge >= 0.3 is 0 Å². The molecular formula is C13H23N3O. The molecule has 4 heteroatoms. The Morgan fingerprint density at radius 3 is 2.94 bits per heavy atom. The molecule has 1 N–H and O–H groups in total. The van der Waals surface area contributed by atoms with E-state index in [2.05, 4.69) is 37.4 Å². The zero-order chi connectivity index (χ0) is 12.4. The molecule has 2 heterocycles. The molecule has 1 aliphatic rings. The van der Waals surface area contributed by atoms with E-state index in [4.69, 9.17) is 4.74 Å². The summed E-state index contributed by atoms with van der Waals surface area (Å²) in [6.45, 7) is 7.36. The fourth-order valence-electron chi connectivity index (χ4n) is 2.39. The quantitative estimate of drug-likeness (QED) is 0.878. The average molecular weight is 237 g/mol. The lowest BCUT2D eigenvalue weighted by Gasteiger charge is -2.28. The lowest BCUT2D eigenvalue weighted by molar-refractivity contribution is 0.0232. The van der Waals surface area contributed by atoms with Crippen molar-refractivity contribution >= 4 is 5.69 Å². The van der Waals surface area contributed by atoms with Gasteiger partial charge in [-0.2, -0.15) is 5.10 Å². The fourth-order valence-corrected chi connectivity index (χ4v) is 2.39. The van der Waals surface area contributed by atoms with E-state index in [-0.39, 0.29) is 0 Å². The molecule has 1 aliphatic heterocycles. The van der Waals surface area contributed by atoms with Crippen LogP contribution >= 0.6 is 0 Å². The number of hydrogen-bond donors (Lipinski definition) is 1. The molecule has 2 rings (SSSR count). The van der Waals surface area contributed by atoms with E-state index < -0.39 is 0 Å². The van der Waals surface area contributed by atoms with Gasteiger partial charge in [-0.05, 0) is 25.7 Å². The summed E-state index contributed by atoms with van der Waals surface area (Å²) >= 11 is 0. The topological polar surface area (TPSA) is 39.1 Å². The molecule has 0 aliphatic carbocycles. The van der Waals surface area contributed by atoms with Crippen LogP contribution in [-0.4, -0.2) is 28.5 Å². The van der Waals surface area contributed by atoms with Crippen LogP contribution in [0.2, 0.25) is 0 Å². The monoisotopic (exact) mass is 237 g/mol. The van der Waals surface area contributed by atoms with E-state index in [1.807, 2.05) is 11.7 Å². The largest absolute Gasteiger partial charge is 0.379 e. The number of nitrogens with one attached hydrogen (secondary N) is 1. The zero-order valence-corrected chi connectivity index (χ0v) is 11.2. The van der Waals surface area contributed by atoms with Crippen molar-refractivity contribution in [3.63, 3.8) is 0 Å². The molecule has 2 atom stereocenters. The van der Waals surface area contributed by atoms with E-state index in [9.17, 15) is 0 Å². The molecule has 0 bridgehead atoms. The Morgan fingerprint density at radius 1 is 1.53 bits per heavy atom. The van der Waals surface area contributed by atoms with Crippen molar-refractivity contribution in [1.29, 1.82) is 0 Å². The Balaban J connectivity index is 2.07. The maximum Gasteiger partial charge on any atom is 0.0881 e. The second-order valence-electron chi connectivity index (χ2n) is 5.30. The van der Waals surface area contributed by atoms with Gasteiger partial charge in [0.2, 0.25) is 0 Å². The smallest absolute Gasteiger partial charge is 0.0881 e. The van der Waals surface area contributed by atoms with E-state index >= 15 is 0 Å². The molecule has 0 saturated carbocycles. The highest BCUT2D eigenvalue weighted by atomic mass is 16.5. The minimum Gasteiger partial charge on any atom is -0.379 e. The Morgan fingerprint density at radius 2 is 2.29 bits per heavy atom. The van der Waals surface area contributed by atoms with E-state index in [1.165, 1.54) is 5.69 Å². The van der Waals surface area contributed by atoms with Crippen molar-refractivity contribution in [2.75, 3.05) is 11.9 Å². The molecule has 96 valence electrons. The molecule has 4 nitrogen and oxygen atoms in total. The minimum absolute atomic E-state index is 0.362. The summed E-state index contributed by atoms with van der Waals surface area (Å²) in [4.78, 5) is 0. The van der Waals surface area contributed by atoms with Gasteiger partial charge in [-0.1, -0.05) is 13.8 Å². The van der Waals surface area contributed by atoms with Crippen LogP contribution in [0.4, 0.5) is 5.69 Å². The number of ether oxygens (including phenoxy) is 1. The summed E-state index contributed by atoms with van der Waals surface area (Å²) in [7, 11) is 1.98. The first-order valence-electron chi connectivity index (χ1n) is 6.48. The van der Waals surface area contributed by atoms with Crippen LogP contribution in [-0.2, 0) is 11.8 Å². The van der Waals surface area contributed by atoms with Crippen molar-refractivity contribution < 1.29 is 4.74 Å². The van der Waals surface area contributed by atoms with Gasteiger partial charge in [0.15, 0.2) is 0 Å². The maximum atomic E-state index is 5.57. The molecule has 0 aromatic carbocycles. The first-order valence-corrected chi connectivity index (χ1v) is 6.48. The second-order valence-corrected chi connectivity index (χ2v) is 5.30. The molecule has 1 fully saturated rings. The molecule has 2 unspecified atom stereocenters. The van der Waals surface area contributed by atoms with Gasteiger partial charge in [-0.25, -0.2) is 0 Å². The van der Waals surface area contributed by atoms with Crippen molar-refractivity contribution in [2.24, 2.45) is 7.05 Å². The lowest BCUT2D eigenvalue weighted by atomic mass is 10.0. The average Bonchev–Trinajstić information content (AvgIpc) is 2.59. The van der Waals surface area contributed by atoms with Gasteiger partial charge in [0, 0.05) is 25.9 Å². The molecule has 0 radical (unpaired) electrons. The Bertz CT molecular complexity index is 373. The van der Waals surface area contributed by atoms with E-state index in [0.29, 0.717) is 18.1 Å². The van der Waals surface area contributed by atoms with E-state index in [0.717, 1.165) is 25.1 Å². The number of aromatic nitrogens is 2. The zero-order valence-electron chi connectivity index (χ0n) is 11.2. The fraction of sp³-hybridized carbons (Fsp3) is 0.769. The van der Waals surface area contributed by atoms with E-state index in [1.54, 1.807) is 0 Å². The van der Waals surface area contributed by atoms with Crippen LogP contribution in [0, 0.1) is 0 Å². The van der Waals surface area contributed by atoms with Crippen molar-refractivity contribution in [3.8, 4) is 0 Å². The second kappa shape index (κ2) is 5.08. The normalized spacial score (nSPS) is 25.2. The maximum absolute atomic E-state index is 5.57. The summed E-state index contributed by atoms with van der Waals surface area (Å²) in [6, 6.07) is 0.514. The standard InChI is InChI=1S/C13H23N3O/c1-9(2)13-12(8-16(4)15-13)14-11-5-6-17-10(3)7-11/h8-11,14H,5-7H2,1-4H3. The Labute approximate surface area is 103 Å². The predicted octanol–water partition coefficient (Wildman–Crippen LogP) is 2.52. The van der Waals surface area contributed by atoms with Crippen molar-refractivity contribution in [3.05, 3.63) is 11.9 Å². The molecule has 17 heavy (non-hydrogen) atoms. The first kappa shape index (κ1) is 12.4.